The van der Waals surface area contributed by atoms with Gasteiger partial charge in [0, 0.05) is 24.0 Å². The molecule has 0 atom stereocenters. The predicted molar refractivity (Wildman–Crippen MR) is 97.8 cm³/mol. The van der Waals surface area contributed by atoms with E-state index in [0.717, 1.165) is 42.7 Å². The molecular weight excluding hydrogens is 316 g/mol. The van der Waals surface area contributed by atoms with E-state index < -0.39 is 0 Å². The first-order valence-electron chi connectivity index (χ1n) is 8.47. The van der Waals surface area contributed by atoms with Crippen LogP contribution in [-0.2, 0) is 6.54 Å². The summed E-state index contributed by atoms with van der Waals surface area (Å²) >= 11 is 0. The van der Waals surface area contributed by atoms with E-state index in [1.54, 1.807) is 43.5 Å². The van der Waals surface area contributed by atoms with Gasteiger partial charge < -0.3 is 19.7 Å². The number of fused-ring (bicyclic) bond motifs is 3. The topological polar surface area (TPSA) is 63.5 Å². The van der Waals surface area contributed by atoms with Gasteiger partial charge in [-0.05, 0) is 55.3 Å². The van der Waals surface area contributed by atoms with Gasteiger partial charge in [0.05, 0.1) is 18.2 Å². The van der Waals surface area contributed by atoms with E-state index in [9.17, 15) is 9.90 Å². The molecule has 0 radical (unpaired) electrons. The molecule has 0 unspecified atom stereocenters. The highest BCUT2D eigenvalue weighted by molar-refractivity contribution is 6.20. The first-order chi connectivity index (χ1) is 12.2. The number of nitrogens with one attached hydrogen (secondary N) is 1. The zero-order valence-corrected chi connectivity index (χ0v) is 14.1. The minimum absolute atomic E-state index is 0.0543. The number of hydrogen-bond donors (Lipinski definition) is 2. The number of carbonyl (C=O) groups is 1. The van der Waals surface area contributed by atoms with Crippen LogP contribution in [0.25, 0.3) is 10.9 Å². The Morgan fingerprint density at radius 2 is 1.96 bits per heavy atom. The summed E-state index contributed by atoms with van der Waals surface area (Å²) in [5, 5.41) is 14.1. The van der Waals surface area contributed by atoms with Crippen molar-refractivity contribution in [1.82, 2.24) is 4.57 Å². The maximum Gasteiger partial charge on any atom is 0.197 e. The summed E-state index contributed by atoms with van der Waals surface area (Å²) in [5.41, 5.74) is 2.20. The third kappa shape index (κ3) is 2.61. The average molecular weight is 336 g/mol. The van der Waals surface area contributed by atoms with E-state index in [1.807, 2.05) is 6.07 Å². The summed E-state index contributed by atoms with van der Waals surface area (Å²) in [4.78, 5) is 13.2. The van der Waals surface area contributed by atoms with Crippen molar-refractivity contribution in [3.8, 4) is 11.5 Å². The van der Waals surface area contributed by atoms with Gasteiger partial charge in [0.25, 0.3) is 0 Å². The number of rotatable bonds is 3. The Labute approximate surface area is 145 Å². The lowest BCUT2D eigenvalue weighted by Gasteiger charge is -2.09. The molecule has 1 aliphatic rings. The minimum Gasteiger partial charge on any atom is -0.508 e. The average Bonchev–Trinajstić information content (AvgIpc) is 2.78. The monoisotopic (exact) mass is 336 g/mol. The third-order valence-corrected chi connectivity index (χ3v) is 4.73. The number of benzene rings is 2. The second-order valence-electron chi connectivity index (χ2n) is 6.27. The molecule has 0 amide bonds. The molecule has 0 bridgehead atoms. The van der Waals surface area contributed by atoms with Gasteiger partial charge in [0.1, 0.15) is 17.3 Å². The van der Waals surface area contributed by atoms with Gasteiger partial charge in [-0.2, -0.15) is 0 Å². The molecule has 4 rings (SSSR count). The second-order valence-corrected chi connectivity index (χ2v) is 6.27. The highest BCUT2D eigenvalue weighted by atomic mass is 16.5. The maximum atomic E-state index is 13.2. The molecule has 2 N–H and O–H groups in total. The highest BCUT2D eigenvalue weighted by Gasteiger charge is 2.24. The number of nitrogens with zero attached hydrogens (tertiary/aromatic N) is 1. The lowest BCUT2D eigenvalue weighted by Crippen LogP contribution is -2.09. The number of aromatic hydroxyl groups is 1. The molecule has 25 heavy (non-hydrogen) atoms. The van der Waals surface area contributed by atoms with Crippen LogP contribution in [0, 0.1) is 0 Å². The molecule has 5 heteroatoms. The number of ether oxygens (including phenoxy) is 1. The molecule has 0 saturated heterocycles. The number of hydrogen-bond acceptors (Lipinski definition) is 4. The fourth-order valence-electron chi connectivity index (χ4n) is 3.48. The zero-order valence-electron chi connectivity index (χ0n) is 14.1. The van der Waals surface area contributed by atoms with Crippen molar-refractivity contribution in [2.75, 3.05) is 19.0 Å². The SMILES string of the molecule is COc1ccc(C(=O)c2c3n(c4ccc(O)cc24)CCCCN3)cc1. The number of ketones is 1. The summed E-state index contributed by atoms with van der Waals surface area (Å²) in [7, 11) is 1.60. The van der Waals surface area contributed by atoms with Crippen LogP contribution in [0.4, 0.5) is 5.82 Å². The van der Waals surface area contributed by atoms with Crippen LogP contribution in [0.3, 0.4) is 0 Å². The fraction of sp³-hybridized carbons (Fsp3) is 0.250. The maximum absolute atomic E-state index is 13.2. The van der Waals surface area contributed by atoms with Gasteiger partial charge in [-0.1, -0.05) is 0 Å². The molecule has 0 spiro atoms. The Morgan fingerprint density at radius 1 is 1.16 bits per heavy atom. The molecule has 3 aromatic rings. The van der Waals surface area contributed by atoms with Gasteiger partial charge in [-0.3, -0.25) is 4.79 Å². The summed E-state index contributed by atoms with van der Waals surface area (Å²) in [6, 6.07) is 12.3. The Morgan fingerprint density at radius 3 is 2.72 bits per heavy atom. The van der Waals surface area contributed by atoms with E-state index in [1.165, 1.54) is 0 Å². The molecular formula is C20H20N2O3. The fourth-order valence-corrected chi connectivity index (χ4v) is 3.48. The minimum atomic E-state index is -0.0543. The number of phenolic OH excluding ortho intramolecular Hbond substituents is 1. The van der Waals surface area contributed by atoms with E-state index in [2.05, 4.69) is 9.88 Å². The summed E-state index contributed by atoms with van der Waals surface area (Å²) in [6.45, 7) is 1.70. The van der Waals surface area contributed by atoms with Gasteiger partial charge in [-0.25, -0.2) is 0 Å². The molecule has 1 aromatic heterocycles. The van der Waals surface area contributed by atoms with Crippen molar-refractivity contribution in [2.24, 2.45) is 0 Å². The Hall–Kier alpha value is -2.95. The van der Waals surface area contributed by atoms with Gasteiger partial charge in [-0.15, -0.1) is 0 Å². The van der Waals surface area contributed by atoms with E-state index in [4.69, 9.17) is 4.74 Å². The first kappa shape index (κ1) is 15.6. The Balaban J connectivity index is 1.91. The predicted octanol–water partition coefficient (Wildman–Crippen LogP) is 3.79. The van der Waals surface area contributed by atoms with Crippen LogP contribution < -0.4 is 10.1 Å². The number of anilines is 1. The van der Waals surface area contributed by atoms with Crippen molar-refractivity contribution in [3.63, 3.8) is 0 Å². The quantitative estimate of drug-likeness (QED) is 0.714. The molecule has 0 aliphatic carbocycles. The van der Waals surface area contributed by atoms with Crippen LogP contribution in [0.15, 0.2) is 42.5 Å². The lowest BCUT2D eigenvalue weighted by molar-refractivity contribution is 0.104. The molecule has 5 nitrogen and oxygen atoms in total. The summed E-state index contributed by atoms with van der Waals surface area (Å²) in [5.74, 6) is 1.67. The molecule has 2 aromatic carbocycles. The largest absolute Gasteiger partial charge is 0.508 e. The smallest absolute Gasteiger partial charge is 0.197 e. The second kappa shape index (κ2) is 6.16. The van der Waals surface area contributed by atoms with Crippen LogP contribution in [0.5, 0.6) is 11.5 Å². The van der Waals surface area contributed by atoms with E-state index in [0.29, 0.717) is 16.9 Å². The number of aryl methyl sites for hydroxylation is 1. The Kier molecular flexibility index (Phi) is 3.84. The highest BCUT2D eigenvalue weighted by Crippen LogP contribution is 2.35. The molecule has 1 aliphatic heterocycles. The van der Waals surface area contributed by atoms with E-state index in [-0.39, 0.29) is 11.5 Å². The number of phenols is 1. The van der Waals surface area contributed by atoms with Crippen molar-refractivity contribution in [1.29, 1.82) is 0 Å². The normalized spacial score (nSPS) is 13.8. The van der Waals surface area contributed by atoms with Crippen LogP contribution in [0.2, 0.25) is 0 Å². The lowest BCUT2D eigenvalue weighted by atomic mass is 10.0. The van der Waals surface area contributed by atoms with Crippen LogP contribution in [0.1, 0.15) is 28.8 Å². The van der Waals surface area contributed by atoms with Crippen LogP contribution >= 0.6 is 0 Å². The molecule has 128 valence electrons. The number of methoxy groups -OCH3 is 1. The molecule has 0 fully saturated rings. The van der Waals surface area contributed by atoms with Crippen molar-refractivity contribution in [3.05, 3.63) is 53.6 Å². The number of carbonyl (C=O) groups excluding carboxylic acids is 1. The third-order valence-electron chi connectivity index (χ3n) is 4.73. The Bertz CT molecular complexity index is 942. The van der Waals surface area contributed by atoms with Gasteiger partial charge in [0.2, 0.25) is 0 Å². The summed E-state index contributed by atoms with van der Waals surface area (Å²) in [6.07, 6.45) is 2.12. The van der Waals surface area contributed by atoms with Crippen molar-refractivity contribution >= 4 is 22.5 Å². The zero-order chi connectivity index (χ0) is 17.4. The standard InChI is InChI=1S/C20H20N2O3/c1-25-15-7-4-13(5-8-15)19(24)18-16-12-14(23)6-9-17(16)22-11-3-2-10-21-20(18)22/h4-9,12,21,23H,2-3,10-11H2,1H3. The van der Waals surface area contributed by atoms with E-state index >= 15 is 0 Å². The van der Waals surface area contributed by atoms with Crippen LogP contribution in [-0.4, -0.2) is 29.1 Å². The van der Waals surface area contributed by atoms with Gasteiger partial charge in [0.15, 0.2) is 5.78 Å². The summed E-state index contributed by atoms with van der Waals surface area (Å²) < 4.78 is 7.32. The van der Waals surface area contributed by atoms with Gasteiger partial charge >= 0.3 is 0 Å². The molecule has 0 saturated carbocycles. The first-order valence-corrected chi connectivity index (χ1v) is 8.47. The van der Waals surface area contributed by atoms with Crippen molar-refractivity contribution < 1.29 is 14.6 Å². The number of aromatic nitrogens is 1. The molecule has 2 heterocycles. The van der Waals surface area contributed by atoms with Crippen molar-refractivity contribution in [2.45, 2.75) is 19.4 Å².